The van der Waals surface area contributed by atoms with Gasteiger partial charge in [0, 0.05) is 0 Å². The van der Waals surface area contributed by atoms with Gasteiger partial charge >= 0.3 is 86.1 Å². The quantitative estimate of drug-likeness (QED) is 0.722. The van der Waals surface area contributed by atoms with E-state index in [9.17, 15) is 5.11 Å². The van der Waals surface area contributed by atoms with Gasteiger partial charge in [0.05, 0.1) is 0 Å². The van der Waals surface area contributed by atoms with Crippen LogP contribution in [0.15, 0.2) is 35.7 Å². The van der Waals surface area contributed by atoms with Crippen molar-refractivity contribution in [3.8, 4) is 0 Å². The van der Waals surface area contributed by atoms with Gasteiger partial charge in [0.15, 0.2) is 0 Å². The molecule has 1 rings (SSSR count). The van der Waals surface area contributed by atoms with Crippen molar-refractivity contribution < 1.29 is 5.11 Å². The fourth-order valence-electron chi connectivity index (χ4n) is 1.54. The van der Waals surface area contributed by atoms with Crippen LogP contribution in [0.5, 0.6) is 0 Å². The molecule has 1 atom stereocenters. The maximum absolute atomic E-state index is 10.2. The van der Waals surface area contributed by atoms with Crippen molar-refractivity contribution in [2.45, 2.75) is 32.8 Å². The molecule has 0 aromatic carbocycles. The second-order valence-electron chi connectivity index (χ2n) is 3.95. The third-order valence-electron chi connectivity index (χ3n) is 2.51. The third kappa shape index (κ3) is 2.81. The van der Waals surface area contributed by atoms with Gasteiger partial charge in [0.1, 0.15) is 0 Å². The monoisotopic (exact) mass is 188 g/mol. The van der Waals surface area contributed by atoms with E-state index in [2.05, 4.69) is 0 Å². The zero-order valence-corrected chi connectivity index (χ0v) is 9.12. The van der Waals surface area contributed by atoms with E-state index < -0.39 is 5.60 Å². The summed E-state index contributed by atoms with van der Waals surface area (Å²) in [5, 5.41) is 10.2. The number of aliphatic hydroxyl groups is 1. The van der Waals surface area contributed by atoms with Crippen molar-refractivity contribution in [2.24, 2.45) is 0 Å². The SMILES string of the molecule is C/C=C(/C)CC(C)(O)c1cbccc1. The molecular formula is C12H17BO. The van der Waals surface area contributed by atoms with Crippen molar-refractivity contribution in [3.05, 3.63) is 41.3 Å². The number of hydrogen-bond donors (Lipinski definition) is 1. The van der Waals surface area contributed by atoms with Gasteiger partial charge in [-0.3, -0.25) is 0 Å². The predicted octanol–water partition coefficient (Wildman–Crippen LogP) is 2.59. The Morgan fingerprint density at radius 3 is 2.86 bits per heavy atom. The molecule has 1 heterocycles. The molecule has 1 N–H and O–H groups in total. The van der Waals surface area contributed by atoms with Gasteiger partial charge in [-0.1, -0.05) is 0 Å². The van der Waals surface area contributed by atoms with Crippen molar-refractivity contribution in [2.75, 3.05) is 0 Å². The molecule has 1 aromatic heterocycles. The third-order valence-corrected chi connectivity index (χ3v) is 2.51. The molecule has 1 aromatic rings. The van der Waals surface area contributed by atoms with Crippen LogP contribution in [0.2, 0.25) is 0 Å². The van der Waals surface area contributed by atoms with E-state index in [0.29, 0.717) is 6.42 Å². The number of rotatable bonds is 3. The molecule has 0 aliphatic rings. The zero-order chi connectivity index (χ0) is 10.6. The van der Waals surface area contributed by atoms with Crippen LogP contribution in [-0.2, 0) is 5.60 Å². The summed E-state index contributed by atoms with van der Waals surface area (Å²) in [5.41, 5.74) is 1.43. The van der Waals surface area contributed by atoms with E-state index in [1.165, 1.54) is 5.57 Å². The summed E-state index contributed by atoms with van der Waals surface area (Å²) in [7, 11) is 0. The first kappa shape index (κ1) is 11.2. The molecule has 2 heteroatoms. The Hall–Kier alpha value is -0.885. The van der Waals surface area contributed by atoms with E-state index in [4.69, 9.17) is 0 Å². The molecule has 74 valence electrons. The summed E-state index contributed by atoms with van der Waals surface area (Å²) in [6.07, 6.45) is 2.73. The summed E-state index contributed by atoms with van der Waals surface area (Å²) < 4.78 is 0. The van der Waals surface area contributed by atoms with Gasteiger partial charge in [-0.25, -0.2) is 0 Å². The Morgan fingerprint density at radius 1 is 1.64 bits per heavy atom. The second-order valence-corrected chi connectivity index (χ2v) is 3.95. The van der Waals surface area contributed by atoms with Crippen LogP contribution in [0.1, 0.15) is 32.8 Å². The van der Waals surface area contributed by atoms with Gasteiger partial charge < -0.3 is 0 Å². The minimum atomic E-state index is -0.752. The normalized spacial score (nSPS) is 16.1. The van der Waals surface area contributed by atoms with Gasteiger partial charge in [-0.15, -0.1) is 0 Å². The van der Waals surface area contributed by atoms with Crippen molar-refractivity contribution in [1.29, 1.82) is 0 Å². The molecule has 0 amide bonds. The molecule has 0 saturated heterocycles. The molecule has 0 fully saturated rings. The van der Waals surface area contributed by atoms with Gasteiger partial charge in [0.2, 0.25) is 0 Å². The fourth-order valence-corrected chi connectivity index (χ4v) is 1.54. The first-order valence-electron chi connectivity index (χ1n) is 4.96. The molecule has 0 aliphatic carbocycles. The van der Waals surface area contributed by atoms with Crippen molar-refractivity contribution in [1.82, 2.24) is 0 Å². The van der Waals surface area contributed by atoms with E-state index in [1.807, 2.05) is 57.8 Å². The van der Waals surface area contributed by atoms with Crippen LogP contribution >= 0.6 is 0 Å². The maximum atomic E-state index is 10.2. The van der Waals surface area contributed by atoms with Crippen LogP contribution in [0.25, 0.3) is 0 Å². The summed E-state index contributed by atoms with van der Waals surface area (Å²) >= 11 is 0. The Labute approximate surface area is 86.7 Å². The van der Waals surface area contributed by atoms with Crippen molar-refractivity contribution in [3.63, 3.8) is 0 Å². The Bertz CT molecular complexity index is 314. The van der Waals surface area contributed by atoms with Crippen molar-refractivity contribution >= 4 is 6.91 Å². The van der Waals surface area contributed by atoms with E-state index in [-0.39, 0.29) is 0 Å². The molecule has 14 heavy (non-hydrogen) atoms. The molecule has 0 aliphatic heterocycles. The van der Waals surface area contributed by atoms with Gasteiger partial charge in [-0.2, -0.15) is 0 Å². The average Bonchev–Trinajstić information content (AvgIpc) is 2.18. The molecule has 0 radical (unpaired) electrons. The van der Waals surface area contributed by atoms with Crippen LogP contribution in [0, 0.1) is 0 Å². The molecule has 1 unspecified atom stereocenters. The Morgan fingerprint density at radius 2 is 2.36 bits per heavy atom. The van der Waals surface area contributed by atoms with E-state index in [0.717, 1.165) is 5.56 Å². The summed E-state index contributed by atoms with van der Waals surface area (Å²) in [4.78, 5) is 0. The van der Waals surface area contributed by atoms with Crippen LogP contribution in [-0.4, -0.2) is 12.0 Å². The first-order chi connectivity index (χ1) is 6.56. The Kier molecular flexibility index (Phi) is 3.65. The second kappa shape index (κ2) is 4.56. The van der Waals surface area contributed by atoms with Gasteiger partial charge in [-0.05, 0) is 0 Å². The molecule has 0 spiro atoms. The molecule has 0 saturated carbocycles. The zero-order valence-electron chi connectivity index (χ0n) is 9.12. The van der Waals surface area contributed by atoms with Crippen LogP contribution < -0.4 is 0 Å². The van der Waals surface area contributed by atoms with E-state index >= 15 is 0 Å². The van der Waals surface area contributed by atoms with Crippen LogP contribution in [0.4, 0.5) is 0 Å². The fraction of sp³-hybridized carbons (Fsp3) is 0.417. The summed E-state index contributed by atoms with van der Waals surface area (Å²) in [6.45, 7) is 7.85. The number of hydrogen-bond acceptors (Lipinski definition) is 1. The van der Waals surface area contributed by atoms with Gasteiger partial charge in [0.25, 0.3) is 0 Å². The Balaban J connectivity index is 2.86. The molecular weight excluding hydrogens is 171 g/mol. The topological polar surface area (TPSA) is 20.2 Å². The number of allylic oxidation sites excluding steroid dienone is 1. The molecule has 0 bridgehead atoms. The van der Waals surface area contributed by atoms with E-state index in [1.54, 1.807) is 0 Å². The van der Waals surface area contributed by atoms with Crippen LogP contribution in [0.3, 0.4) is 0 Å². The standard InChI is InChI=1S/C12H17BO/c1-4-10(2)8-12(3,14)11-6-5-7-13-9-11/h4-7,9,14H,8H2,1-3H3/b10-4-. The first-order valence-corrected chi connectivity index (χ1v) is 4.96. The average molecular weight is 188 g/mol. The summed E-state index contributed by atoms with van der Waals surface area (Å²) in [5.74, 6) is 3.92. The minimum absolute atomic E-state index is 0.688. The predicted molar refractivity (Wildman–Crippen MR) is 61.4 cm³/mol. The molecule has 1 nitrogen and oxygen atoms in total. The summed E-state index contributed by atoms with van der Waals surface area (Å²) in [6, 6.07) is 3.91.